The lowest BCUT2D eigenvalue weighted by Gasteiger charge is -2.34. The van der Waals surface area contributed by atoms with Crippen LogP contribution in [0.1, 0.15) is 34.4 Å². The van der Waals surface area contributed by atoms with Gasteiger partial charge in [0.2, 0.25) is 0 Å². The number of carbonyl (C=O) groups excluding carboxylic acids is 1. The summed E-state index contributed by atoms with van der Waals surface area (Å²) in [7, 11) is 0. The van der Waals surface area contributed by atoms with Crippen LogP contribution >= 0.6 is 0 Å². The number of hydrogen-bond donors (Lipinski definition) is 1. The highest BCUT2D eigenvalue weighted by Crippen LogP contribution is 2.15. The Kier molecular flexibility index (Phi) is 5.83. The second-order valence-corrected chi connectivity index (χ2v) is 6.69. The number of piperazine rings is 1. The molecule has 138 valence electrons. The average molecular weight is 353 g/mol. The van der Waals surface area contributed by atoms with E-state index in [1.165, 1.54) is 5.56 Å². The lowest BCUT2D eigenvalue weighted by atomic mass is 10.1. The fourth-order valence-corrected chi connectivity index (χ4v) is 3.20. The SMILES string of the molecule is CCN1CCN(c2cc(C(=O)NCc3ccccc3C)nc(C)n2)CC1. The van der Waals surface area contributed by atoms with E-state index >= 15 is 0 Å². The summed E-state index contributed by atoms with van der Waals surface area (Å²) < 4.78 is 0. The van der Waals surface area contributed by atoms with Crippen molar-refractivity contribution in [1.82, 2.24) is 20.2 Å². The van der Waals surface area contributed by atoms with Gasteiger partial charge in [-0.15, -0.1) is 0 Å². The molecule has 0 aliphatic carbocycles. The summed E-state index contributed by atoms with van der Waals surface area (Å²) in [6.07, 6.45) is 0. The normalized spacial score (nSPS) is 15.1. The molecular weight excluding hydrogens is 326 g/mol. The van der Waals surface area contributed by atoms with Gasteiger partial charge in [0.25, 0.3) is 5.91 Å². The van der Waals surface area contributed by atoms with Gasteiger partial charge < -0.3 is 15.1 Å². The minimum atomic E-state index is -0.160. The van der Waals surface area contributed by atoms with Crippen molar-refractivity contribution in [3.63, 3.8) is 0 Å². The van der Waals surface area contributed by atoms with Crippen LogP contribution in [0.15, 0.2) is 30.3 Å². The lowest BCUT2D eigenvalue weighted by molar-refractivity contribution is 0.0945. The van der Waals surface area contributed by atoms with Crippen LogP contribution in [0.3, 0.4) is 0 Å². The highest BCUT2D eigenvalue weighted by Gasteiger charge is 2.19. The molecular formula is C20H27N5O. The Labute approximate surface area is 155 Å². The van der Waals surface area contributed by atoms with Gasteiger partial charge in [0, 0.05) is 38.8 Å². The van der Waals surface area contributed by atoms with E-state index in [9.17, 15) is 4.79 Å². The summed E-state index contributed by atoms with van der Waals surface area (Å²) in [5.41, 5.74) is 2.71. The van der Waals surface area contributed by atoms with E-state index in [2.05, 4.69) is 32.0 Å². The molecule has 6 nitrogen and oxygen atoms in total. The molecule has 2 aromatic rings. The van der Waals surface area contributed by atoms with Crippen LogP contribution in [0.25, 0.3) is 0 Å². The maximum Gasteiger partial charge on any atom is 0.270 e. The second kappa shape index (κ2) is 8.27. The third-order valence-electron chi connectivity index (χ3n) is 4.90. The number of likely N-dealkylation sites (N-methyl/N-ethyl adjacent to an activating group) is 1. The van der Waals surface area contributed by atoms with Crippen molar-refractivity contribution in [1.29, 1.82) is 0 Å². The number of rotatable bonds is 5. The summed E-state index contributed by atoms with van der Waals surface area (Å²) in [5, 5.41) is 2.97. The van der Waals surface area contributed by atoms with E-state index in [1.54, 1.807) is 0 Å². The molecule has 1 N–H and O–H groups in total. The number of hydrogen-bond acceptors (Lipinski definition) is 5. The summed E-state index contributed by atoms with van der Waals surface area (Å²) >= 11 is 0. The molecule has 2 heterocycles. The lowest BCUT2D eigenvalue weighted by Crippen LogP contribution is -2.46. The fourth-order valence-electron chi connectivity index (χ4n) is 3.20. The van der Waals surface area contributed by atoms with E-state index in [4.69, 9.17) is 0 Å². The van der Waals surface area contributed by atoms with Crippen LogP contribution in [0.2, 0.25) is 0 Å². The Hall–Kier alpha value is -2.47. The van der Waals surface area contributed by atoms with Gasteiger partial charge in [-0.3, -0.25) is 4.79 Å². The van der Waals surface area contributed by atoms with Crippen LogP contribution in [0.5, 0.6) is 0 Å². The van der Waals surface area contributed by atoms with E-state index in [1.807, 2.05) is 44.2 Å². The monoisotopic (exact) mass is 353 g/mol. The fraction of sp³-hybridized carbons (Fsp3) is 0.450. The van der Waals surface area contributed by atoms with Crippen LogP contribution in [0, 0.1) is 13.8 Å². The highest BCUT2D eigenvalue weighted by molar-refractivity contribution is 5.92. The van der Waals surface area contributed by atoms with Crippen LogP contribution in [-0.2, 0) is 6.54 Å². The molecule has 0 atom stereocenters. The van der Waals surface area contributed by atoms with Crippen LogP contribution in [-0.4, -0.2) is 53.5 Å². The summed E-state index contributed by atoms with van der Waals surface area (Å²) in [6.45, 7) is 11.5. The quantitative estimate of drug-likeness (QED) is 0.893. The summed E-state index contributed by atoms with van der Waals surface area (Å²) in [4.78, 5) is 26.1. The van der Waals surface area contributed by atoms with Gasteiger partial charge in [0.1, 0.15) is 17.3 Å². The number of nitrogens with one attached hydrogen (secondary N) is 1. The zero-order chi connectivity index (χ0) is 18.5. The maximum absolute atomic E-state index is 12.6. The third-order valence-corrected chi connectivity index (χ3v) is 4.90. The summed E-state index contributed by atoms with van der Waals surface area (Å²) in [5.74, 6) is 1.31. The van der Waals surface area contributed by atoms with Gasteiger partial charge in [-0.25, -0.2) is 9.97 Å². The van der Waals surface area contributed by atoms with Crippen molar-refractivity contribution in [3.8, 4) is 0 Å². The Bertz CT molecular complexity index is 769. The van der Waals surface area contributed by atoms with E-state index in [-0.39, 0.29) is 5.91 Å². The van der Waals surface area contributed by atoms with Crippen molar-refractivity contribution >= 4 is 11.7 Å². The van der Waals surface area contributed by atoms with Crippen molar-refractivity contribution in [3.05, 3.63) is 53.0 Å². The highest BCUT2D eigenvalue weighted by atomic mass is 16.1. The van der Waals surface area contributed by atoms with Gasteiger partial charge in [-0.05, 0) is 31.5 Å². The predicted molar refractivity (Wildman–Crippen MR) is 103 cm³/mol. The largest absolute Gasteiger partial charge is 0.354 e. The number of benzene rings is 1. The molecule has 1 aromatic heterocycles. The molecule has 1 aliphatic rings. The van der Waals surface area contributed by atoms with Gasteiger partial charge in [0.15, 0.2) is 0 Å². The maximum atomic E-state index is 12.6. The zero-order valence-corrected chi connectivity index (χ0v) is 15.8. The van der Waals surface area contributed by atoms with Crippen LogP contribution < -0.4 is 10.2 Å². The molecule has 0 bridgehead atoms. The van der Waals surface area contributed by atoms with Crippen molar-refractivity contribution in [2.45, 2.75) is 27.3 Å². The Morgan fingerprint density at radius 1 is 1.12 bits per heavy atom. The molecule has 26 heavy (non-hydrogen) atoms. The van der Waals surface area contributed by atoms with Crippen molar-refractivity contribution in [2.24, 2.45) is 0 Å². The van der Waals surface area contributed by atoms with Crippen molar-refractivity contribution < 1.29 is 4.79 Å². The first-order valence-corrected chi connectivity index (χ1v) is 9.22. The predicted octanol–water partition coefficient (Wildman–Crippen LogP) is 2.17. The van der Waals surface area contributed by atoms with E-state index < -0.39 is 0 Å². The molecule has 0 saturated carbocycles. The molecule has 1 aromatic carbocycles. The Morgan fingerprint density at radius 3 is 2.54 bits per heavy atom. The second-order valence-electron chi connectivity index (χ2n) is 6.69. The minimum absolute atomic E-state index is 0.160. The van der Waals surface area contributed by atoms with Gasteiger partial charge >= 0.3 is 0 Å². The zero-order valence-electron chi connectivity index (χ0n) is 15.8. The van der Waals surface area contributed by atoms with Gasteiger partial charge in [0.05, 0.1) is 0 Å². The molecule has 0 radical (unpaired) electrons. The standard InChI is InChI=1S/C20H27N5O/c1-4-24-9-11-25(12-10-24)19-13-18(22-16(3)23-19)20(26)21-14-17-8-6-5-7-15(17)2/h5-8,13H,4,9-12,14H2,1-3H3,(H,21,26). The van der Waals surface area contributed by atoms with Crippen molar-refractivity contribution in [2.75, 3.05) is 37.6 Å². The first-order valence-electron chi connectivity index (χ1n) is 9.22. The Balaban J connectivity index is 1.69. The molecule has 6 heteroatoms. The number of carbonyl (C=O) groups is 1. The number of anilines is 1. The molecule has 0 spiro atoms. The van der Waals surface area contributed by atoms with E-state index in [0.717, 1.165) is 44.1 Å². The third kappa shape index (κ3) is 4.38. The Morgan fingerprint density at radius 2 is 1.85 bits per heavy atom. The number of nitrogens with zero attached hydrogens (tertiary/aromatic N) is 4. The number of aryl methyl sites for hydroxylation is 2. The first-order chi connectivity index (χ1) is 12.6. The molecule has 1 fully saturated rings. The average Bonchev–Trinajstić information content (AvgIpc) is 2.66. The molecule has 0 unspecified atom stereocenters. The van der Waals surface area contributed by atoms with Crippen LogP contribution in [0.4, 0.5) is 5.82 Å². The molecule has 1 aliphatic heterocycles. The van der Waals surface area contributed by atoms with Gasteiger partial charge in [-0.1, -0.05) is 31.2 Å². The molecule has 3 rings (SSSR count). The van der Waals surface area contributed by atoms with Gasteiger partial charge in [-0.2, -0.15) is 0 Å². The topological polar surface area (TPSA) is 61.4 Å². The van der Waals surface area contributed by atoms with E-state index in [0.29, 0.717) is 18.1 Å². The first kappa shape index (κ1) is 18.3. The number of aromatic nitrogens is 2. The number of amides is 1. The minimum Gasteiger partial charge on any atom is -0.354 e. The molecule has 1 saturated heterocycles. The summed E-state index contributed by atoms with van der Waals surface area (Å²) in [6, 6.07) is 9.86. The smallest absolute Gasteiger partial charge is 0.270 e. The molecule has 1 amide bonds.